The summed E-state index contributed by atoms with van der Waals surface area (Å²) < 4.78 is 0. The number of thiophene rings is 1. The average molecular weight is 431 g/mol. The predicted octanol–water partition coefficient (Wildman–Crippen LogP) is 3.25. The van der Waals surface area contributed by atoms with Gasteiger partial charge < -0.3 is 9.80 Å². The number of aromatic nitrogens is 1. The number of benzene rings is 1. The van der Waals surface area contributed by atoms with Gasteiger partial charge in [-0.3, -0.25) is 19.5 Å². The third-order valence-corrected chi connectivity index (χ3v) is 6.61. The van der Waals surface area contributed by atoms with Gasteiger partial charge in [-0.15, -0.1) is 11.3 Å². The van der Waals surface area contributed by atoms with Crippen molar-refractivity contribution in [3.63, 3.8) is 0 Å². The van der Waals surface area contributed by atoms with Crippen LogP contribution in [0.4, 0.5) is 5.69 Å². The largest absolute Gasteiger partial charge is 0.368 e. The van der Waals surface area contributed by atoms with Crippen molar-refractivity contribution in [2.24, 2.45) is 0 Å². The molecule has 0 unspecified atom stereocenters. The lowest BCUT2D eigenvalue weighted by Crippen LogP contribution is -2.47. The number of rotatable bonds is 5. The van der Waals surface area contributed by atoms with Crippen LogP contribution in [0, 0.1) is 0 Å². The molecule has 0 spiro atoms. The van der Waals surface area contributed by atoms with Crippen LogP contribution in [0.25, 0.3) is 5.57 Å². The first kappa shape index (κ1) is 19.5. The van der Waals surface area contributed by atoms with E-state index in [9.17, 15) is 9.59 Å². The first-order valence-electron chi connectivity index (χ1n) is 10.3. The van der Waals surface area contributed by atoms with Gasteiger partial charge in [-0.25, -0.2) is 0 Å². The maximum Gasteiger partial charge on any atom is 0.278 e. The Labute approximate surface area is 185 Å². The van der Waals surface area contributed by atoms with Crippen LogP contribution in [0.2, 0.25) is 0 Å². The lowest BCUT2D eigenvalue weighted by Gasteiger charge is -2.37. The minimum absolute atomic E-state index is 0.210. The maximum atomic E-state index is 13.5. The molecule has 4 heterocycles. The summed E-state index contributed by atoms with van der Waals surface area (Å²) in [7, 11) is 0. The van der Waals surface area contributed by atoms with Gasteiger partial charge in [0.25, 0.3) is 11.8 Å². The van der Waals surface area contributed by atoms with Crippen molar-refractivity contribution >= 4 is 34.4 Å². The highest BCUT2D eigenvalue weighted by Gasteiger charge is 2.42. The Bertz CT molecular complexity index is 1110. The molecule has 156 valence electrons. The predicted molar refractivity (Wildman–Crippen MR) is 121 cm³/mol. The van der Waals surface area contributed by atoms with Gasteiger partial charge in [0, 0.05) is 49.1 Å². The van der Waals surface area contributed by atoms with Gasteiger partial charge in [0.05, 0.1) is 12.1 Å². The molecule has 0 bridgehead atoms. The topological polar surface area (TPSA) is 56.8 Å². The fourth-order valence-electron chi connectivity index (χ4n) is 4.14. The first-order valence-corrected chi connectivity index (χ1v) is 11.2. The minimum atomic E-state index is -0.218. The number of nitrogens with zero attached hydrogens (tertiary/aromatic N) is 4. The molecule has 1 saturated heterocycles. The molecule has 0 aliphatic carbocycles. The van der Waals surface area contributed by atoms with Gasteiger partial charge >= 0.3 is 0 Å². The molecule has 31 heavy (non-hydrogen) atoms. The van der Waals surface area contributed by atoms with Crippen molar-refractivity contribution < 1.29 is 9.59 Å². The van der Waals surface area contributed by atoms with Crippen LogP contribution in [0.5, 0.6) is 0 Å². The zero-order valence-corrected chi connectivity index (χ0v) is 17.8. The molecule has 0 N–H and O–H groups in total. The maximum absolute atomic E-state index is 13.5. The molecule has 2 amide bonds. The van der Waals surface area contributed by atoms with E-state index in [1.807, 2.05) is 47.8 Å². The summed E-state index contributed by atoms with van der Waals surface area (Å²) in [4.78, 5) is 37.5. The summed E-state index contributed by atoms with van der Waals surface area (Å²) in [5.41, 5.74) is 3.14. The summed E-state index contributed by atoms with van der Waals surface area (Å²) in [6.07, 6.45) is 3.36. The molecule has 1 fully saturated rings. The van der Waals surface area contributed by atoms with E-state index in [1.54, 1.807) is 12.4 Å². The van der Waals surface area contributed by atoms with Crippen LogP contribution in [0.1, 0.15) is 10.4 Å². The van der Waals surface area contributed by atoms with Gasteiger partial charge in [-0.2, -0.15) is 0 Å². The molecule has 7 heteroatoms. The normalized spacial score (nSPS) is 17.1. The standard InChI is InChI=1S/C24H22N4O2S/c29-23-21(20-7-4-16-31-20)22(24(30)28(23)17-18-8-10-25-11-9-18)27-14-12-26(13-15-27)19-5-2-1-3-6-19/h1-11,16H,12-15,17H2. The molecule has 0 atom stereocenters. The smallest absolute Gasteiger partial charge is 0.278 e. The van der Waals surface area contributed by atoms with Gasteiger partial charge in [-0.05, 0) is 41.3 Å². The summed E-state index contributed by atoms with van der Waals surface area (Å²) in [5, 5.41) is 1.94. The third-order valence-electron chi connectivity index (χ3n) is 5.72. The molecule has 2 aliphatic rings. The summed E-state index contributed by atoms with van der Waals surface area (Å²) >= 11 is 1.49. The van der Waals surface area contributed by atoms with Crippen molar-refractivity contribution in [1.82, 2.24) is 14.8 Å². The number of piperazine rings is 1. The fraction of sp³-hybridized carbons (Fsp3) is 0.208. The number of amides is 2. The second-order valence-corrected chi connectivity index (χ2v) is 8.51. The van der Waals surface area contributed by atoms with Crippen LogP contribution in [-0.4, -0.2) is 52.8 Å². The van der Waals surface area contributed by atoms with E-state index in [4.69, 9.17) is 0 Å². The number of anilines is 1. The summed E-state index contributed by atoms with van der Waals surface area (Å²) in [6, 6.07) is 17.8. The van der Waals surface area contributed by atoms with E-state index >= 15 is 0 Å². The van der Waals surface area contributed by atoms with Crippen molar-refractivity contribution in [3.8, 4) is 0 Å². The van der Waals surface area contributed by atoms with E-state index in [1.165, 1.54) is 21.9 Å². The second kappa shape index (κ2) is 8.35. The quantitative estimate of drug-likeness (QED) is 0.582. The van der Waals surface area contributed by atoms with Crippen LogP contribution in [0.3, 0.4) is 0 Å². The summed E-state index contributed by atoms with van der Waals surface area (Å²) in [6.45, 7) is 3.25. The van der Waals surface area contributed by atoms with E-state index < -0.39 is 0 Å². The molecule has 0 radical (unpaired) electrons. The highest BCUT2D eigenvalue weighted by molar-refractivity contribution is 7.11. The Hall–Kier alpha value is -3.45. The lowest BCUT2D eigenvalue weighted by atomic mass is 10.1. The Morgan fingerprint density at radius 1 is 0.806 bits per heavy atom. The number of para-hydroxylation sites is 1. The second-order valence-electron chi connectivity index (χ2n) is 7.56. The van der Waals surface area contributed by atoms with Gasteiger partial charge in [0.15, 0.2) is 0 Å². The van der Waals surface area contributed by atoms with Gasteiger partial charge in [-0.1, -0.05) is 24.3 Å². The molecule has 6 nitrogen and oxygen atoms in total. The number of carbonyl (C=O) groups excluding carboxylic acids is 2. The van der Waals surface area contributed by atoms with E-state index in [0.717, 1.165) is 23.5 Å². The molecular weight excluding hydrogens is 408 g/mol. The zero-order chi connectivity index (χ0) is 21.2. The van der Waals surface area contributed by atoms with Crippen molar-refractivity contribution in [2.75, 3.05) is 31.1 Å². The molecule has 1 aromatic carbocycles. The highest BCUT2D eigenvalue weighted by Crippen LogP contribution is 2.35. The van der Waals surface area contributed by atoms with Crippen molar-refractivity contribution in [2.45, 2.75) is 6.54 Å². The third kappa shape index (κ3) is 3.72. The van der Waals surface area contributed by atoms with Crippen LogP contribution >= 0.6 is 11.3 Å². The zero-order valence-electron chi connectivity index (χ0n) is 17.0. The Kier molecular flexibility index (Phi) is 5.26. The molecule has 3 aromatic rings. The number of hydrogen-bond donors (Lipinski definition) is 0. The van der Waals surface area contributed by atoms with E-state index in [0.29, 0.717) is 24.4 Å². The highest BCUT2D eigenvalue weighted by atomic mass is 32.1. The number of hydrogen-bond acceptors (Lipinski definition) is 6. The van der Waals surface area contributed by atoms with Crippen molar-refractivity contribution in [3.05, 3.63) is 88.5 Å². The number of imide groups is 1. The molecule has 2 aliphatic heterocycles. The fourth-order valence-corrected chi connectivity index (χ4v) is 4.90. The molecule has 2 aromatic heterocycles. The SMILES string of the molecule is O=C1C(c2cccs2)=C(N2CCN(c3ccccc3)CC2)C(=O)N1Cc1ccncc1. The minimum Gasteiger partial charge on any atom is -0.368 e. The Morgan fingerprint density at radius 3 is 2.19 bits per heavy atom. The number of pyridine rings is 1. The first-order chi connectivity index (χ1) is 15.2. The average Bonchev–Trinajstić information content (AvgIpc) is 3.43. The summed E-state index contributed by atoms with van der Waals surface area (Å²) in [5.74, 6) is -0.428. The Morgan fingerprint density at radius 2 is 1.52 bits per heavy atom. The van der Waals surface area contributed by atoms with Crippen LogP contribution in [0.15, 0.2) is 78.1 Å². The molecule has 5 rings (SSSR count). The van der Waals surface area contributed by atoms with E-state index in [-0.39, 0.29) is 18.4 Å². The monoisotopic (exact) mass is 430 g/mol. The number of carbonyl (C=O) groups is 2. The van der Waals surface area contributed by atoms with Gasteiger partial charge in [0.2, 0.25) is 0 Å². The Balaban J connectivity index is 1.42. The van der Waals surface area contributed by atoms with E-state index in [2.05, 4.69) is 26.9 Å². The molecular formula is C24H22N4O2S. The van der Waals surface area contributed by atoms with Gasteiger partial charge in [0.1, 0.15) is 5.70 Å². The van der Waals surface area contributed by atoms with Crippen LogP contribution < -0.4 is 4.90 Å². The molecule has 0 saturated carbocycles. The van der Waals surface area contributed by atoms with Crippen molar-refractivity contribution in [1.29, 1.82) is 0 Å². The lowest BCUT2D eigenvalue weighted by molar-refractivity contribution is -0.138. The van der Waals surface area contributed by atoms with Crippen LogP contribution in [-0.2, 0) is 16.1 Å².